The Morgan fingerprint density at radius 3 is 2.64 bits per heavy atom. The van der Waals surface area contributed by atoms with Crippen LogP contribution in [0.5, 0.6) is 0 Å². The molecule has 0 fully saturated rings. The molecular formula is C8H10O3. The van der Waals surface area contributed by atoms with Gasteiger partial charge in [0.05, 0.1) is 12.5 Å². The van der Waals surface area contributed by atoms with Crippen LogP contribution in [-0.4, -0.2) is 12.6 Å². The fourth-order valence-corrected chi connectivity index (χ4v) is 0.389. The van der Waals surface area contributed by atoms with E-state index in [1.165, 1.54) is 18.4 Å². The first-order chi connectivity index (χ1) is 5.31. The van der Waals surface area contributed by atoms with E-state index >= 15 is 0 Å². The largest absolute Gasteiger partial charge is 0.498 e. The van der Waals surface area contributed by atoms with Crippen LogP contribution >= 0.6 is 0 Å². The van der Waals surface area contributed by atoms with Crippen LogP contribution in [0.1, 0.15) is 0 Å². The summed E-state index contributed by atoms with van der Waals surface area (Å²) >= 11 is 0. The van der Waals surface area contributed by atoms with Crippen LogP contribution in [-0.2, 0) is 14.3 Å². The summed E-state index contributed by atoms with van der Waals surface area (Å²) in [4.78, 5) is 10.5. The zero-order valence-corrected chi connectivity index (χ0v) is 6.16. The van der Waals surface area contributed by atoms with Crippen molar-refractivity contribution in [2.75, 3.05) is 6.61 Å². The van der Waals surface area contributed by atoms with Crippen molar-refractivity contribution < 1.29 is 14.3 Å². The van der Waals surface area contributed by atoms with Crippen LogP contribution in [0.15, 0.2) is 37.8 Å². The Hall–Kier alpha value is -1.51. The molecule has 0 amide bonds. The first-order valence-corrected chi connectivity index (χ1v) is 3.02. The van der Waals surface area contributed by atoms with Crippen molar-refractivity contribution >= 4 is 5.97 Å². The molecule has 0 rings (SSSR count). The van der Waals surface area contributed by atoms with Gasteiger partial charge in [-0.05, 0) is 6.08 Å². The Kier molecular flexibility index (Phi) is 5.70. The number of ether oxygens (including phenoxy) is 2. The quantitative estimate of drug-likeness (QED) is 0.260. The standard InChI is InChI=1S/C8H10O3/c1-3-10-7-5-6-8(9)11-4-2/h3-6H,1-2,7H2. The van der Waals surface area contributed by atoms with E-state index in [9.17, 15) is 4.79 Å². The van der Waals surface area contributed by atoms with Crippen LogP contribution in [0, 0.1) is 0 Å². The molecule has 0 atom stereocenters. The van der Waals surface area contributed by atoms with Crippen molar-refractivity contribution in [2.24, 2.45) is 0 Å². The van der Waals surface area contributed by atoms with Gasteiger partial charge in [0.15, 0.2) is 0 Å². The first kappa shape index (κ1) is 9.49. The molecule has 0 N–H and O–H groups in total. The minimum absolute atomic E-state index is 0.315. The van der Waals surface area contributed by atoms with Crippen LogP contribution in [0.25, 0.3) is 0 Å². The molecule has 0 bridgehead atoms. The summed E-state index contributed by atoms with van der Waals surface area (Å²) in [6, 6.07) is 0. The second kappa shape index (κ2) is 6.61. The summed E-state index contributed by atoms with van der Waals surface area (Å²) in [6.07, 6.45) is 5.14. The third-order valence-corrected chi connectivity index (χ3v) is 0.764. The molecule has 3 heteroatoms. The maximum Gasteiger partial charge on any atom is 0.335 e. The van der Waals surface area contributed by atoms with E-state index < -0.39 is 5.97 Å². The highest BCUT2D eigenvalue weighted by Gasteiger charge is 1.89. The number of hydrogen-bond donors (Lipinski definition) is 0. The highest BCUT2D eigenvalue weighted by Crippen LogP contribution is 1.82. The maximum atomic E-state index is 10.5. The molecule has 0 aliphatic carbocycles. The fraction of sp³-hybridized carbons (Fsp3) is 0.125. The summed E-state index contributed by atoms with van der Waals surface area (Å²) in [5.74, 6) is -0.465. The van der Waals surface area contributed by atoms with E-state index in [0.29, 0.717) is 6.61 Å². The number of carbonyl (C=O) groups is 1. The van der Waals surface area contributed by atoms with Gasteiger partial charge in [-0.2, -0.15) is 0 Å². The zero-order chi connectivity index (χ0) is 8.53. The highest BCUT2D eigenvalue weighted by molar-refractivity contribution is 5.82. The highest BCUT2D eigenvalue weighted by atomic mass is 16.5. The predicted molar refractivity (Wildman–Crippen MR) is 41.6 cm³/mol. The average molecular weight is 154 g/mol. The molecule has 3 nitrogen and oxygen atoms in total. The summed E-state index contributed by atoms with van der Waals surface area (Å²) in [7, 11) is 0. The van der Waals surface area contributed by atoms with E-state index in [4.69, 9.17) is 4.74 Å². The molecule has 0 aromatic carbocycles. The monoisotopic (exact) mass is 154 g/mol. The summed E-state index contributed by atoms with van der Waals surface area (Å²) in [5.41, 5.74) is 0. The molecule has 0 aliphatic rings. The molecule has 0 saturated carbocycles. The Morgan fingerprint density at radius 1 is 1.36 bits per heavy atom. The second-order valence-electron chi connectivity index (χ2n) is 1.51. The number of esters is 1. The van der Waals surface area contributed by atoms with Gasteiger partial charge in [0.25, 0.3) is 0 Å². The molecule has 0 aliphatic heterocycles. The molecule has 11 heavy (non-hydrogen) atoms. The van der Waals surface area contributed by atoms with Crippen molar-refractivity contribution in [3.05, 3.63) is 37.8 Å². The van der Waals surface area contributed by atoms with Crippen molar-refractivity contribution in [3.8, 4) is 0 Å². The number of rotatable bonds is 5. The number of carbonyl (C=O) groups excluding carboxylic acids is 1. The smallest absolute Gasteiger partial charge is 0.335 e. The van der Waals surface area contributed by atoms with Crippen molar-refractivity contribution in [2.45, 2.75) is 0 Å². The van der Waals surface area contributed by atoms with Gasteiger partial charge in [-0.15, -0.1) is 0 Å². The van der Waals surface area contributed by atoms with E-state index in [-0.39, 0.29) is 0 Å². The fourth-order valence-electron chi connectivity index (χ4n) is 0.389. The first-order valence-electron chi connectivity index (χ1n) is 3.02. The average Bonchev–Trinajstić information content (AvgIpc) is 1.99. The second-order valence-corrected chi connectivity index (χ2v) is 1.51. The van der Waals surface area contributed by atoms with Crippen LogP contribution in [0.2, 0.25) is 0 Å². The van der Waals surface area contributed by atoms with Crippen molar-refractivity contribution in [1.29, 1.82) is 0 Å². The Labute approximate surface area is 65.6 Å². The molecular weight excluding hydrogens is 144 g/mol. The Morgan fingerprint density at radius 2 is 2.09 bits per heavy atom. The van der Waals surface area contributed by atoms with Crippen LogP contribution in [0.4, 0.5) is 0 Å². The predicted octanol–water partition coefficient (Wildman–Crippen LogP) is 1.39. The van der Waals surface area contributed by atoms with Gasteiger partial charge in [-0.1, -0.05) is 13.2 Å². The van der Waals surface area contributed by atoms with Gasteiger partial charge in [0.2, 0.25) is 0 Å². The summed E-state index contributed by atoms with van der Waals surface area (Å²) < 4.78 is 9.08. The molecule has 0 radical (unpaired) electrons. The van der Waals surface area contributed by atoms with Crippen LogP contribution in [0.3, 0.4) is 0 Å². The minimum atomic E-state index is -0.465. The third kappa shape index (κ3) is 6.37. The SMILES string of the molecule is C=COCC=CC(=O)OC=C. The molecule has 0 aromatic rings. The normalized spacial score (nSPS) is 9.09. The summed E-state index contributed by atoms with van der Waals surface area (Å²) in [6.45, 7) is 6.86. The lowest BCUT2D eigenvalue weighted by molar-refractivity contribution is -0.132. The molecule has 0 saturated heterocycles. The van der Waals surface area contributed by atoms with Gasteiger partial charge in [-0.25, -0.2) is 4.79 Å². The Balaban J connectivity index is 3.47. The lowest BCUT2D eigenvalue weighted by Gasteiger charge is -1.91. The molecule has 0 spiro atoms. The van der Waals surface area contributed by atoms with Gasteiger partial charge in [0.1, 0.15) is 6.61 Å². The lowest BCUT2D eigenvalue weighted by atomic mass is 10.5. The van der Waals surface area contributed by atoms with Crippen molar-refractivity contribution in [3.63, 3.8) is 0 Å². The molecule has 0 unspecified atom stereocenters. The van der Waals surface area contributed by atoms with Gasteiger partial charge in [-0.3, -0.25) is 0 Å². The van der Waals surface area contributed by atoms with Crippen molar-refractivity contribution in [1.82, 2.24) is 0 Å². The third-order valence-electron chi connectivity index (χ3n) is 0.764. The minimum Gasteiger partial charge on any atom is -0.498 e. The van der Waals surface area contributed by atoms with Gasteiger partial charge >= 0.3 is 5.97 Å². The van der Waals surface area contributed by atoms with Gasteiger partial charge < -0.3 is 9.47 Å². The van der Waals surface area contributed by atoms with E-state index in [2.05, 4.69) is 17.9 Å². The lowest BCUT2D eigenvalue weighted by Crippen LogP contribution is -1.93. The van der Waals surface area contributed by atoms with E-state index in [1.807, 2.05) is 0 Å². The molecule has 60 valence electrons. The molecule has 0 aromatic heterocycles. The zero-order valence-electron chi connectivity index (χ0n) is 6.16. The van der Waals surface area contributed by atoms with E-state index in [1.54, 1.807) is 0 Å². The maximum absolute atomic E-state index is 10.5. The number of hydrogen-bond acceptors (Lipinski definition) is 3. The Bertz CT molecular complexity index is 170. The topological polar surface area (TPSA) is 35.5 Å². The molecule has 0 heterocycles. The van der Waals surface area contributed by atoms with E-state index in [0.717, 1.165) is 6.26 Å². The van der Waals surface area contributed by atoms with Crippen LogP contribution < -0.4 is 0 Å². The van der Waals surface area contributed by atoms with Gasteiger partial charge in [0, 0.05) is 6.08 Å². The summed E-state index contributed by atoms with van der Waals surface area (Å²) in [5, 5.41) is 0.